The Bertz CT molecular complexity index is 508. The lowest BCUT2D eigenvalue weighted by atomic mass is 9.80. The lowest BCUT2D eigenvalue weighted by Crippen LogP contribution is -2.27. The highest BCUT2D eigenvalue weighted by Crippen LogP contribution is 2.36. The van der Waals surface area contributed by atoms with Gasteiger partial charge < -0.3 is 15.4 Å². The van der Waals surface area contributed by atoms with Crippen LogP contribution in [0.25, 0.3) is 0 Å². The maximum atomic E-state index is 11.6. The molecular weight excluding hydrogens is 254 g/mol. The number of carbonyl (C=O) groups is 1. The van der Waals surface area contributed by atoms with E-state index in [1.165, 1.54) is 7.11 Å². The van der Waals surface area contributed by atoms with Gasteiger partial charge in [0.05, 0.1) is 12.8 Å². The number of methoxy groups -OCH3 is 1. The molecule has 20 heavy (non-hydrogen) atoms. The summed E-state index contributed by atoms with van der Waals surface area (Å²) in [4.78, 5) is 18.1. The van der Waals surface area contributed by atoms with Gasteiger partial charge >= 0.3 is 5.97 Å². The number of ether oxygens (including phenoxy) is 1. The van der Waals surface area contributed by atoms with Crippen LogP contribution in [0.5, 0.6) is 0 Å². The van der Waals surface area contributed by atoms with Crippen LogP contribution in [0.4, 0.5) is 11.5 Å². The van der Waals surface area contributed by atoms with Gasteiger partial charge in [-0.15, -0.1) is 0 Å². The number of aromatic nitrogens is 1. The Hall–Kier alpha value is -1.78. The molecule has 2 rings (SSSR count). The summed E-state index contributed by atoms with van der Waals surface area (Å²) < 4.78 is 4.71. The van der Waals surface area contributed by atoms with Crippen molar-refractivity contribution >= 4 is 17.5 Å². The van der Waals surface area contributed by atoms with E-state index >= 15 is 0 Å². The number of carbonyl (C=O) groups excluding carboxylic acids is 1. The molecule has 0 aliphatic carbocycles. The van der Waals surface area contributed by atoms with Crippen LogP contribution in [0.1, 0.15) is 37.7 Å². The van der Waals surface area contributed by atoms with Gasteiger partial charge in [-0.25, -0.2) is 9.78 Å². The third kappa shape index (κ3) is 2.86. The fraction of sp³-hybridized carbons (Fsp3) is 0.600. The minimum absolute atomic E-state index is 0.267. The minimum Gasteiger partial charge on any atom is -0.464 e. The smallest absolute Gasteiger partial charge is 0.356 e. The standard InChI is InChI=1S/C15H23N3O2/c1-15(2,3)10-7-8-18(9-10)13-11(16)5-6-12(17-13)14(19)20-4/h5-6,10H,7-9,16H2,1-4H3. The summed E-state index contributed by atoms with van der Waals surface area (Å²) >= 11 is 0. The van der Waals surface area contributed by atoms with Crippen molar-refractivity contribution in [2.24, 2.45) is 11.3 Å². The van der Waals surface area contributed by atoms with Crippen molar-refractivity contribution in [1.29, 1.82) is 0 Å². The van der Waals surface area contributed by atoms with E-state index in [1.54, 1.807) is 12.1 Å². The lowest BCUT2D eigenvalue weighted by Gasteiger charge is -2.27. The summed E-state index contributed by atoms with van der Waals surface area (Å²) in [6, 6.07) is 3.32. The molecule has 5 nitrogen and oxygen atoms in total. The van der Waals surface area contributed by atoms with E-state index in [-0.39, 0.29) is 5.41 Å². The summed E-state index contributed by atoms with van der Waals surface area (Å²) in [5, 5.41) is 0. The maximum Gasteiger partial charge on any atom is 0.356 e. The average Bonchev–Trinajstić information content (AvgIpc) is 2.87. The van der Waals surface area contributed by atoms with Crippen molar-refractivity contribution in [2.75, 3.05) is 30.8 Å². The van der Waals surface area contributed by atoms with E-state index in [2.05, 4.69) is 30.7 Å². The number of nitrogen functional groups attached to an aromatic ring is 1. The Balaban J connectivity index is 2.23. The number of anilines is 2. The van der Waals surface area contributed by atoms with E-state index in [4.69, 9.17) is 10.5 Å². The first-order valence-electron chi connectivity index (χ1n) is 6.92. The third-order valence-corrected chi connectivity index (χ3v) is 4.01. The average molecular weight is 277 g/mol. The second kappa shape index (κ2) is 5.31. The van der Waals surface area contributed by atoms with Crippen molar-refractivity contribution in [3.63, 3.8) is 0 Å². The lowest BCUT2D eigenvalue weighted by molar-refractivity contribution is 0.0594. The van der Waals surface area contributed by atoms with Crippen LogP contribution >= 0.6 is 0 Å². The van der Waals surface area contributed by atoms with Gasteiger partial charge in [0.15, 0.2) is 11.5 Å². The summed E-state index contributed by atoms with van der Waals surface area (Å²) in [6.07, 6.45) is 1.12. The molecule has 1 aliphatic rings. The Kier molecular flexibility index (Phi) is 3.88. The van der Waals surface area contributed by atoms with Crippen LogP contribution in [0.15, 0.2) is 12.1 Å². The highest BCUT2D eigenvalue weighted by Gasteiger charge is 2.33. The largest absolute Gasteiger partial charge is 0.464 e. The molecule has 1 saturated heterocycles. The second-order valence-electron chi connectivity index (χ2n) is 6.40. The molecule has 2 N–H and O–H groups in total. The van der Waals surface area contributed by atoms with Gasteiger partial charge in [-0.05, 0) is 29.9 Å². The van der Waals surface area contributed by atoms with Crippen molar-refractivity contribution in [2.45, 2.75) is 27.2 Å². The number of rotatable bonds is 2. The predicted molar refractivity (Wildman–Crippen MR) is 79.8 cm³/mol. The zero-order valence-electron chi connectivity index (χ0n) is 12.6. The van der Waals surface area contributed by atoms with Crippen LogP contribution in [0, 0.1) is 11.3 Å². The number of nitrogens with two attached hydrogens (primary N) is 1. The van der Waals surface area contributed by atoms with E-state index < -0.39 is 5.97 Å². The molecule has 5 heteroatoms. The first-order valence-corrected chi connectivity index (χ1v) is 6.92. The van der Waals surface area contributed by atoms with E-state index in [0.717, 1.165) is 19.5 Å². The number of hydrogen-bond acceptors (Lipinski definition) is 5. The van der Waals surface area contributed by atoms with E-state index in [1.807, 2.05) is 0 Å². The number of nitrogens with zero attached hydrogens (tertiary/aromatic N) is 2. The number of pyridine rings is 1. The molecule has 0 aromatic carbocycles. The van der Waals surface area contributed by atoms with Crippen molar-refractivity contribution in [1.82, 2.24) is 4.98 Å². The molecule has 1 aliphatic heterocycles. The van der Waals surface area contributed by atoms with E-state index in [9.17, 15) is 4.79 Å². The van der Waals surface area contributed by atoms with Gasteiger partial charge in [0.2, 0.25) is 0 Å². The molecule has 2 heterocycles. The monoisotopic (exact) mass is 277 g/mol. The van der Waals surface area contributed by atoms with Gasteiger partial charge in [0.25, 0.3) is 0 Å². The molecule has 110 valence electrons. The third-order valence-electron chi connectivity index (χ3n) is 4.01. The highest BCUT2D eigenvalue weighted by atomic mass is 16.5. The van der Waals surface area contributed by atoms with Crippen LogP contribution in [-0.2, 0) is 4.74 Å². The molecule has 1 aromatic rings. The molecule has 0 spiro atoms. The molecule has 1 fully saturated rings. The van der Waals surface area contributed by atoms with Crippen LogP contribution in [0.2, 0.25) is 0 Å². The normalized spacial score (nSPS) is 19.2. The topological polar surface area (TPSA) is 68.5 Å². The fourth-order valence-corrected chi connectivity index (χ4v) is 2.59. The van der Waals surface area contributed by atoms with Gasteiger partial charge in [0.1, 0.15) is 0 Å². The van der Waals surface area contributed by atoms with Crippen LogP contribution in [0.3, 0.4) is 0 Å². The molecular formula is C15H23N3O2. The molecule has 0 saturated carbocycles. The number of hydrogen-bond donors (Lipinski definition) is 1. The van der Waals surface area contributed by atoms with Gasteiger partial charge in [-0.1, -0.05) is 20.8 Å². The zero-order valence-corrected chi connectivity index (χ0v) is 12.6. The SMILES string of the molecule is COC(=O)c1ccc(N)c(N2CCC(C(C)(C)C)C2)n1. The second-order valence-corrected chi connectivity index (χ2v) is 6.40. The Morgan fingerprint density at radius 1 is 1.45 bits per heavy atom. The minimum atomic E-state index is -0.433. The molecule has 0 amide bonds. The maximum absolute atomic E-state index is 11.6. The van der Waals surface area contributed by atoms with Crippen molar-refractivity contribution in [3.05, 3.63) is 17.8 Å². The Morgan fingerprint density at radius 3 is 2.70 bits per heavy atom. The quantitative estimate of drug-likeness (QED) is 0.840. The van der Waals surface area contributed by atoms with Crippen molar-refractivity contribution in [3.8, 4) is 0 Å². The summed E-state index contributed by atoms with van der Waals surface area (Å²) in [6.45, 7) is 8.60. The molecule has 1 unspecified atom stereocenters. The first-order chi connectivity index (χ1) is 9.32. The Morgan fingerprint density at radius 2 is 2.15 bits per heavy atom. The molecule has 1 atom stereocenters. The first kappa shape index (κ1) is 14.6. The van der Waals surface area contributed by atoms with Gasteiger partial charge in [0, 0.05) is 13.1 Å². The molecule has 0 radical (unpaired) electrons. The molecule has 0 bridgehead atoms. The zero-order chi connectivity index (χ0) is 14.9. The van der Waals surface area contributed by atoms with E-state index in [0.29, 0.717) is 23.1 Å². The van der Waals surface area contributed by atoms with Crippen LogP contribution in [-0.4, -0.2) is 31.2 Å². The summed E-state index contributed by atoms with van der Waals surface area (Å²) in [5.74, 6) is 0.864. The van der Waals surface area contributed by atoms with Gasteiger partial charge in [-0.3, -0.25) is 0 Å². The van der Waals surface area contributed by atoms with Gasteiger partial charge in [-0.2, -0.15) is 0 Å². The Labute approximate surface area is 120 Å². The van der Waals surface area contributed by atoms with Crippen LogP contribution < -0.4 is 10.6 Å². The fourth-order valence-electron chi connectivity index (χ4n) is 2.59. The highest BCUT2D eigenvalue weighted by molar-refractivity contribution is 5.88. The molecule has 1 aromatic heterocycles. The predicted octanol–water partition coefficient (Wildman–Crippen LogP) is 2.32. The number of esters is 1. The summed E-state index contributed by atoms with van der Waals surface area (Å²) in [7, 11) is 1.35. The van der Waals surface area contributed by atoms with Crippen molar-refractivity contribution < 1.29 is 9.53 Å². The summed E-state index contributed by atoms with van der Waals surface area (Å²) in [5.41, 5.74) is 7.18.